The zero-order valence-electron chi connectivity index (χ0n) is 18.9. The van der Waals surface area contributed by atoms with Crippen LogP contribution in [0.5, 0.6) is 0 Å². The van der Waals surface area contributed by atoms with E-state index in [4.69, 9.17) is 0 Å². The van der Waals surface area contributed by atoms with Gasteiger partial charge in [-0.25, -0.2) is 9.37 Å². The van der Waals surface area contributed by atoms with Crippen LogP contribution in [-0.4, -0.2) is 21.4 Å². The van der Waals surface area contributed by atoms with Crippen LogP contribution in [0.1, 0.15) is 31.2 Å². The van der Waals surface area contributed by atoms with E-state index in [2.05, 4.69) is 15.6 Å². The molecular formula is C25H23FN4O3S. The molecule has 2 N–H and O–H groups in total. The first-order valence-corrected chi connectivity index (χ1v) is 11.5. The molecule has 4 rings (SSSR count). The molecule has 9 heteroatoms. The molecule has 2 aromatic heterocycles. The van der Waals surface area contributed by atoms with Crippen molar-refractivity contribution >= 4 is 44.7 Å². The maximum absolute atomic E-state index is 13.5. The molecule has 0 saturated carbocycles. The fourth-order valence-electron chi connectivity index (χ4n) is 3.88. The lowest BCUT2D eigenvalue weighted by molar-refractivity contribution is -0.119. The second-order valence-corrected chi connectivity index (χ2v) is 9.05. The van der Waals surface area contributed by atoms with E-state index in [-0.39, 0.29) is 23.2 Å². The van der Waals surface area contributed by atoms with Gasteiger partial charge in [-0.1, -0.05) is 19.1 Å². The van der Waals surface area contributed by atoms with Gasteiger partial charge in [-0.05, 0) is 55.3 Å². The normalized spacial score (nSPS) is 11.9. The Labute approximate surface area is 199 Å². The number of fused-ring (bicyclic) bond motifs is 1. The van der Waals surface area contributed by atoms with Crippen LogP contribution >= 0.6 is 11.3 Å². The zero-order chi connectivity index (χ0) is 24.4. The van der Waals surface area contributed by atoms with Crippen molar-refractivity contribution in [2.45, 2.75) is 33.2 Å². The molecule has 0 fully saturated rings. The van der Waals surface area contributed by atoms with Gasteiger partial charge >= 0.3 is 0 Å². The molecule has 0 saturated heterocycles. The van der Waals surface area contributed by atoms with Crippen molar-refractivity contribution in [1.29, 1.82) is 0 Å². The van der Waals surface area contributed by atoms with E-state index < -0.39 is 6.04 Å². The highest BCUT2D eigenvalue weighted by Gasteiger charge is 2.24. The molecule has 1 unspecified atom stereocenters. The van der Waals surface area contributed by atoms with Crippen LogP contribution in [-0.2, 0) is 9.59 Å². The molecule has 2 amide bonds. The van der Waals surface area contributed by atoms with Crippen molar-refractivity contribution in [3.05, 3.63) is 75.9 Å². The number of thiophene rings is 1. The molecule has 34 heavy (non-hydrogen) atoms. The summed E-state index contributed by atoms with van der Waals surface area (Å²) in [4.78, 5) is 43.7. The molecule has 0 aliphatic heterocycles. The number of nitrogens with one attached hydrogen (secondary N) is 2. The van der Waals surface area contributed by atoms with Gasteiger partial charge in [0.05, 0.1) is 11.7 Å². The molecule has 0 aliphatic carbocycles. The molecule has 0 aliphatic rings. The fourth-order valence-corrected chi connectivity index (χ4v) is 4.88. The number of anilines is 2. The number of amides is 2. The number of halogens is 1. The summed E-state index contributed by atoms with van der Waals surface area (Å²) in [6.07, 6.45) is 1.78. The van der Waals surface area contributed by atoms with Gasteiger partial charge in [0.15, 0.2) is 0 Å². The largest absolute Gasteiger partial charge is 0.326 e. The number of aromatic nitrogens is 2. The standard InChI is InChI=1S/C25H23FN4O3S/c1-4-20(23(32)29-19-11-9-18(10-12-19)28-15(3)31)30-13-27-24-22(25(30)33)21(14(2)34-24)16-5-7-17(26)8-6-16/h5-13,20H,4H2,1-3H3,(H,28,31)(H,29,32). The van der Waals surface area contributed by atoms with Crippen LogP contribution in [0, 0.1) is 12.7 Å². The van der Waals surface area contributed by atoms with Crippen molar-refractivity contribution in [1.82, 2.24) is 9.55 Å². The van der Waals surface area contributed by atoms with E-state index in [9.17, 15) is 18.8 Å². The van der Waals surface area contributed by atoms with Gasteiger partial charge in [0.2, 0.25) is 11.8 Å². The third kappa shape index (κ3) is 4.60. The van der Waals surface area contributed by atoms with Crippen LogP contribution in [0.2, 0.25) is 0 Å². The van der Waals surface area contributed by atoms with Gasteiger partial charge in [-0.2, -0.15) is 0 Å². The smallest absolute Gasteiger partial charge is 0.263 e. The second kappa shape index (κ2) is 9.56. The van der Waals surface area contributed by atoms with Crippen molar-refractivity contribution in [3.63, 3.8) is 0 Å². The summed E-state index contributed by atoms with van der Waals surface area (Å²) in [7, 11) is 0. The van der Waals surface area contributed by atoms with Crippen LogP contribution in [0.25, 0.3) is 21.3 Å². The van der Waals surface area contributed by atoms with Crippen molar-refractivity contribution in [2.24, 2.45) is 0 Å². The molecule has 0 spiro atoms. The predicted molar refractivity (Wildman–Crippen MR) is 133 cm³/mol. The van der Waals surface area contributed by atoms with Crippen molar-refractivity contribution < 1.29 is 14.0 Å². The van der Waals surface area contributed by atoms with E-state index in [0.29, 0.717) is 33.6 Å². The number of rotatable bonds is 6. The van der Waals surface area contributed by atoms with Gasteiger partial charge < -0.3 is 10.6 Å². The lowest BCUT2D eigenvalue weighted by Gasteiger charge is -2.18. The van der Waals surface area contributed by atoms with Gasteiger partial charge in [0.1, 0.15) is 16.7 Å². The quantitative estimate of drug-likeness (QED) is 0.402. The molecule has 174 valence electrons. The Morgan fingerprint density at radius 3 is 2.26 bits per heavy atom. The molecule has 1 atom stereocenters. The summed E-state index contributed by atoms with van der Waals surface area (Å²) >= 11 is 1.39. The first-order chi connectivity index (χ1) is 16.3. The number of benzene rings is 2. The first-order valence-electron chi connectivity index (χ1n) is 10.7. The highest BCUT2D eigenvalue weighted by Crippen LogP contribution is 2.35. The van der Waals surface area contributed by atoms with Crippen LogP contribution in [0.3, 0.4) is 0 Å². The van der Waals surface area contributed by atoms with E-state index in [0.717, 1.165) is 10.4 Å². The average Bonchev–Trinajstić information content (AvgIpc) is 3.14. The van der Waals surface area contributed by atoms with Crippen molar-refractivity contribution in [3.8, 4) is 11.1 Å². The van der Waals surface area contributed by atoms with Gasteiger partial charge in [-0.15, -0.1) is 11.3 Å². The molecule has 7 nitrogen and oxygen atoms in total. The summed E-state index contributed by atoms with van der Waals surface area (Å²) in [6.45, 7) is 5.13. The van der Waals surface area contributed by atoms with E-state index in [1.54, 1.807) is 36.4 Å². The second-order valence-electron chi connectivity index (χ2n) is 7.85. The first kappa shape index (κ1) is 23.3. The topological polar surface area (TPSA) is 93.1 Å². The SMILES string of the molecule is CCC(C(=O)Nc1ccc(NC(C)=O)cc1)n1cnc2sc(C)c(-c3ccc(F)cc3)c2c1=O. The number of hydrogen-bond donors (Lipinski definition) is 2. The highest BCUT2D eigenvalue weighted by atomic mass is 32.1. The maximum Gasteiger partial charge on any atom is 0.263 e. The molecule has 2 aromatic carbocycles. The predicted octanol–water partition coefficient (Wildman–Crippen LogP) is 5.12. The Kier molecular flexibility index (Phi) is 6.56. The summed E-state index contributed by atoms with van der Waals surface area (Å²) in [5.74, 6) is -0.897. The average molecular weight is 479 g/mol. The number of carbonyl (C=O) groups excluding carboxylic acids is 2. The Balaban J connectivity index is 1.68. The van der Waals surface area contributed by atoms with Gasteiger partial charge in [-0.3, -0.25) is 19.0 Å². The van der Waals surface area contributed by atoms with Crippen LogP contribution in [0.4, 0.5) is 15.8 Å². The molecule has 0 radical (unpaired) electrons. The lowest BCUT2D eigenvalue weighted by atomic mass is 10.0. The van der Waals surface area contributed by atoms with Crippen LogP contribution in [0.15, 0.2) is 59.7 Å². The summed E-state index contributed by atoms with van der Waals surface area (Å²) in [6, 6.07) is 11.9. The Morgan fingerprint density at radius 2 is 1.68 bits per heavy atom. The Hall–Kier alpha value is -3.85. The lowest BCUT2D eigenvalue weighted by Crippen LogP contribution is -2.33. The number of nitrogens with zero attached hydrogens (tertiary/aromatic N) is 2. The van der Waals surface area contributed by atoms with Crippen molar-refractivity contribution in [2.75, 3.05) is 10.6 Å². The third-order valence-corrected chi connectivity index (χ3v) is 6.46. The van der Waals surface area contributed by atoms with Gasteiger partial charge in [0.25, 0.3) is 5.56 Å². The minimum Gasteiger partial charge on any atom is -0.326 e. The molecule has 4 aromatic rings. The Morgan fingerprint density at radius 1 is 1.06 bits per heavy atom. The minimum atomic E-state index is -0.777. The number of aryl methyl sites for hydroxylation is 1. The number of carbonyl (C=O) groups is 2. The van der Waals surface area contributed by atoms with E-state index >= 15 is 0 Å². The summed E-state index contributed by atoms with van der Waals surface area (Å²) in [5.41, 5.74) is 2.26. The summed E-state index contributed by atoms with van der Waals surface area (Å²) in [5, 5.41) is 5.91. The van der Waals surface area contributed by atoms with E-state index in [1.807, 2.05) is 13.8 Å². The monoisotopic (exact) mass is 478 g/mol. The van der Waals surface area contributed by atoms with Gasteiger partial charge in [0, 0.05) is 28.7 Å². The highest BCUT2D eigenvalue weighted by molar-refractivity contribution is 7.19. The van der Waals surface area contributed by atoms with E-state index in [1.165, 1.54) is 41.3 Å². The fraction of sp³-hybridized carbons (Fsp3) is 0.200. The van der Waals surface area contributed by atoms with Crippen LogP contribution < -0.4 is 16.2 Å². The summed E-state index contributed by atoms with van der Waals surface area (Å²) < 4.78 is 14.8. The zero-order valence-corrected chi connectivity index (χ0v) is 19.7. The maximum atomic E-state index is 13.5. The molecular weight excluding hydrogens is 455 g/mol. The molecule has 0 bridgehead atoms. The number of hydrogen-bond acceptors (Lipinski definition) is 5. The molecule has 2 heterocycles. The third-order valence-electron chi connectivity index (χ3n) is 5.44. The minimum absolute atomic E-state index is 0.186. The Bertz CT molecular complexity index is 1430.